The van der Waals surface area contributed by atoms with Crippen molar-refractivity contribution in [2.24, 2.45) is 0 Å². The molecule has 1 aliphatic heterocycles. The summed E-state index contributed by atoms with van der Waals surface area (Å²) in [7, 11) is -3.10. The molecule has 0 aliphatic carbocycles. The third kappa shape index (κ3) is 5.39. The van der Waals surface area contributed by atoms with Crippen LogP contribution in [0, 0.1) is 25.2 Å². The van der Waals surface area contributed by atoms with Crippen LogP contribution in [-0.2, 0) is 24.2 Å². The number of ketones is 1. The highest BCUT2D eigenvalue weighted by atomic mass is 35.5. The number of ether oxygens (including phenoxy) is 1. The topological polar surface area (TPSA) is 132 Å². The summed E-state index contributed by atoms with van der Waals surface area (Å²) in [4.78, 5) is 28.4. The Hall–Kier alpha value is -2.55. The molecule has 0 spiro atoms. The maximum absolute atomic E-state index is 12.2. The largest absolute Gasteiger partial charge is 0.454 e. The van der Waals surface area contributed by atoms with Crippen molar-refractivity contribution in [1.82, 2.24) is 14.8 Å². The second-order valence-corrected chi connectivity index (χ2v) is 10.6. The summed E-state index contributed by atoms with van der Waals surface area (Å²) in [6.07, 6.45) is 2.94. The number of nitriles is 1. The van der Waals surface area contributed by atoms with Gasteiger partial charge in [0.15, 0.2) is 28.1 Å². The Morgan fingerprint density at radius 2 is 2.23 bits per heavy atom. The molecule has 12 heteroatoms. The highest BCUT2D eigenvalue weighted by Gasteiger charge is 2.32. The van der Waals surface area contributed by atoms with E-state index >= 15 is 0 Å². The number of carbonyl (C=O) groups is 2. The molecule has 1 aliphatic rings. The molecule has 2 aromatic rings. The third-order valence-corrected chi connectivity index (χ3v) is 7.86. The van der Waals surface area contributed by atoms with E-state index in [2.05, 4.69) is 10.1 Å². The first kappa shape index (κ1) is 23.1. The van der Waals surface area contributed by atoms with Crippen molar-refractivity contribution >= 4 is 50.6 Å². The fourth-order valence-electron chi connectivity index (χ4n) is 3.13. The monoisotopic (exact) mass is 482 g/mol. The van der Waals surface area contributed by atoms with Crippen LogP contribution in [0.3, 0.4) is 0 Å². The lowest BCUT2D eigenvalue weighted by atomic mass is 10.1. The third-order valence-electron chi connectivity index (χ3n) is 4.70. The van der Waals surface area contributed by atoms with Crippen molar-refractivity contribution < 1.29 is 22.7 Å². The van der Waals surface area contributed by atoms with Crippen LogP contribution in [-0.4, -0.2) is 53.0 Å². The summed E-state index contributed by atoms with van der Waals surface area (Å²) in [5.74, 6) is -2.38. The van der Waals surface area contributed by atoms with Gasteiger partial charge in [0, 0.05) is 22.7 Å². The van der Waals surface area contributed by atoms with Crippen molar-refractivity contribution in [3.05, 3.63) is 38.6 Å². The molecule has 0 saturated carbocycles. The second kappa shape index (κ2) is 9.30. The van der Waals surface area contributed by atoms with Crippen LogP contribution >= 0.6 is 22.9 Å². The van der Waals surface area contributed by atoms with Crippen LogP contribution in [0.4, 0.5) is 0 Å². The number of nitrogens with zero attached hydrogens (tertiary/aromatic N) is 4. The molecular formula is C19H19ClN4O5S2. The van der Waals surface area contributed by atoms with Gasteiger partial charge < -0.3 is 4.74 Å². The molecule has 0 N–H and O–H groups in total. The Kier molecular flexibility index (Phi) is 6.93. The minimum absolute atomic E-state index is 0.0279. The van der Waals surface area contributed by atoms with Gasteiger partial charge in [-0.1, -0.05) is 11.6 Å². The number of halogens is 1. The molecule has 2 atom stereocenters. The van der Waals surface area contributed by atoms with Crippen LogP contribution < -0.4 is 0 Å². The van der Waals surface area contributed by atoms with E-state index in [-0.39, 0.29) is 22.7 Å². The first-order chi connectivity index (χ1) is 14.6. The number of hydrogen-bond acceptors (Lipinski definition) is 9. The maximum Gasteiger partial charge on any atom is 0.331 e. The molecule has 31 heavy (non-hydrogen) atoms. The predicted molar refractivity (Wildman–Crippen MR) is 114 cm³/mol. The van der Waals surface area contributed by atoms with Crippen molar-refractivity contribution in [2.45, 2.75) is 32.2 Å². The quantitative estimate of drug-likeness (QED) is 0.434. The second-order valence-electron chi connectivity index (χ2n) is 7.09. The van der Waals surface area contributed by atoms with Crippen LogP contribution in [0.5, 0.6) is 0 Å². The summed E-state index contributed by atoms with van der Waals surface area (Å²) in [5, 5.41) is 15.9. The lowest BCUT2D eigenvalue weighted by Gasteiger charge is -2.09. The van der Waals surface area contributed by atoms with Gasteiger partial charge in [-0.05, 0) is 26.3 Å². The Bertz CT molecular complexity index is 1190. The number of thiazole rings is 1. The van der Waals surface area contributed by atoms with E-state index in [1.807, 2.05) is 6.07 Å². The Labute approximate surface area is 188 Å². The first-order valence-electron chi connectivity index (χ1n) is 9.25. The van der Waals surface area contributed by atoms with E-state index < -0.39 is 34.1 Å². The number of rotatable bonds is 7. The molecule has 3 rings (SSSR count). The number of aryl methyl sites for hydroxylation is 2. The van der Waals surface area contributed by atoms with E-state index in [1.54, 1.807) is 19.2 Å². The predicted octanol–water partition coefficient (Wildman–Crippen LogP) is 2.40. The fourth-order valence-corrected chi connectivity index (χ4v) is 6.05. The van der Waals surface area contributed by atoms with Crippen LogP contribution in [0.15, 0.2) is 11.5 Å². The number of aromatic nitrogens is 3. The van der Waals surface area contributed by atoms with Gasteiger partial charge in [0.05, 0.1) is 29.3 Å². The van der Waals surface area contributed by atoms with Crippen LogP contribution in [0.1, 0.15) is 40.3 Å². The summed E-state index contributed by atoms with van der Waals surface area (Å²) in [5.41, 5.74) is 1.69. The average Bonchev–Trinajstić information content (AvgIpc) is 3.37. The zero-order valence-corrected chi connectivity index (χ0v) is 19.1. The smallest absolute Gasteiger partial charge is 0.331 e. The lowest BCUT2D eigenvalue weighted by molar-refractivity contribution is -0.143. The molecule has 0 amide bonds. The highest BCUT2D eigenvalue weighted by Crippen LogP contribution is 2.30. The minimum atomic E-state index is -3.10. The molecule has 164 valence electrons. The number of esters is 1. The lowest BCUT2D eigenvalue weighted by Crippen LogP contribution is -2.19. The normalized spacial score (nSPS) is 18.7. The molecule has 2 unspecified atom stereocenters. The average molecular weight is 483 g/mol. The van der Waals surface area contributed by atoms with Gasteiger partial charge in [-0.2, -0.15) is 10.4 Å². The van der Waals surface area contributed by atoms with Crippen LogP contribution in [0.2, 0.25) is 5.15 Å². The molecule has 1 fully saturated rings. The van der Waals surface area contributed by atoms with Crippen molar-refractivity contribution in [2.75, 3.05) is 18.1 Å². The molecule has 2 aromatic heterocycles. The number of carbonyl (C=O) groups excluding carboxylic acids is 2. The van der Waals surface area contributed by atoms with E-state index in [1.165, 1.54) is 22.1 Å². The number of sulfone groups is 1. The molecule has 0 bridgehead atoms. The molecule has 0 radical (unpaired) electrons. The van der Waals surface area contributed by atoms with E-state index in [0.29, 0.717) is 28.4 Å². The van der Waals surface area contributed by atoms with Gasteiger partial charge in [-0.15, -0.1) is 11.3 Å². The molecular weight excluding hydrogens is 464 g/mol. The molecule has 9 nitrogen and oxygen atoms in total. The summed E-state index contributed by atoms with van der Waals surface area (Å²) in [6.45, 7) is 2.88. The number of Topliss-reactive ketones (excluding diaryl/α,β-unsaturated/α-hetero) is 1. The molecule has 3 heterocycles. The van der Waals surface area contributed by atoms with E-state index in [4.69, 9.17) is 16.3 Å². The van der Waals surface area contributed by atoms with Crippen molar-refractivity contribution in [3.63, 3.8) is 0 Å². The van der Waals surface area contributed by atoms with Gasteiger partial charge in [-0.3, -0.25) is 4.79 Å². The number of hydrogen-bond donors (Lipinski definition) is 0. The van der Waals surface area contributed by atoms with Gasteiger partial charge >= 0.3 is 5.97 Å². The standard InChI is InChI=1S/C19H19ClN4O5S2/c1-11-9-30-19(22-11)15(7-21)16(25)8-29-17(26)4-3-14-12(2)23-24(18(14)20)13-5-6-31(27,28)10-13/h3-4,9,13,15H,5-6,8,10H2,1-2H3/b4-3+. The van der Waals surface area contributed by atoms with Crippen LogP contribution in [0.25, 0.3) is 6.08 Å². The molecule has 0 aromatic carbocycles. The Morgan fingerprint density at radius 3 is 2.81 bits per heavy atom. The first-order valence-corrected chi connectivity index (χ1v) is 12.3. The summed E-state index contributed by atoms with van der Waals surface area (Å²) >= 11 is 7.55. The Balaban J connectivity index is 1.63. The maximum atomic E-state index is 12.2. The zero-order chi connectivity index (χ0) is 22.8. The Morgan fingerprint density at radius 1 is 1.48 bits per heavy atom. The van der Waals surface area contributed by atoms with Gasteiger partial charge in [0.2, 0.25) is 0 Å². The van der Waals surface area contributed by atoms with Crippen molar-refractivity contribution in [3.8, 4) is 6.07 Å². The van der Waals surface area contributed by atoms with Gasteiger partial charge in [-0.25, -0.2) is 22.9 Å². The van der Waals surface area contributed by atoms with Gasteiger partial charge in [0.1, 0.15) is 10.2 Å². The fraction of sp³-hybridized carbons (Fsp3) is 0.421. The highest BCUT2D eigenvalue weighted by molar-refractivity contribution is 7.91. The van der Waals surface area contributed by atoms with Gasteiger partial charge in [0.25, 0.3) is 0 Å². The minimum Gasteiger partial charge on any atom is -0.454 e. The summed E-state index contributed by atoms with van der Waals surface area (Å²) < 4.78 is 29.8. The summed E-state index contributed by atoms with van der Waals surface area (Å²) in [6, 6.07) is 1.53. The van der Waals surface area contributed by atoms with E-state index in [9.17, 15) is 23.3 Å². The van der Waals surface area contributed by atoms with E-state index in [0.717, 1.165) is 6.08 Å². The van der Waals surface area contributed by atoms with Crippen molar-refractivity contribution in [1.29, 1.82) is 5.26 Å². The SMILES string of the molecule is Cc1csc(C(C#N)C(=O)COC(=O)/C=C/c2c(C)nn(C3CCS(=O)(=O)C3)c2Cl)n1. The zero-order valence-electron chi connectivity index (χ0n) is 16.7. The molecule has 1 saturated heterocycles.